The number of hydrogen-bond donors (Lipinski definition) is 2. The first-order valence-corrected chi connectivity index (χ1v) is 10.2. The van der Waals surface area contributed by atoms with Gasteiger partial charge in [0.15, 0.2) is 0 Å². The lowest BCUT2D eigenvalue weighted by Gasteiger charge is -2.18. The number of benzene rings is 1. The van der Waals surface area contributed by atoms with Gasteiger partial charge in [0.25, 0.3) is 0 Å². The molecule has 6 nitrogen and oxygen atoms in total. The summed E-state index contributed by atoms with van der Waals surface area (Å²) in [5, 5.41) is 6.66. The van der Waals surface area contributed by atoms with Crippen LogP contribution < -0.4 is 10.6 Å². The molecule has 1 aromatic carbocycles. The molecule has 0 radical (unpaired) electrons. The van der Waals surface area contributed by atoms with E-state index >= 15 is 0 Å². The minimum Gasteiger partial charge on any atom is -0.373 e. The average molecular weight is 389 g/mol. The highest BCUT2D eigenvalue weighted by atomic mass is 15.1. The van der Waals surface area contributed by atoms with Gasteiger partial charge in [-0.2, -0.15) is 0 Å². The van der Waals surface area contributed by atoms with Gasteiger partial charge in [-0.15, -0.1) is 0 Å². The Labute approximate surface area is 172 Å². The van der Waals surface area contributed by atoms with Crippen LogP contribution in [0.3, 0.4) is 0 Å². The maximum atomic E-state index is 4.84. The maximum absolute atomic E-state index is 4.84. The highest BCUT2D eigenvalue weighted by molar-refractivity contribution is 5.58. The second kappa shape index (κ2) is 9.11. The van der Waals surface area contributed by atoms with Gasteiger partial charge in [0, 0.05) is 38.0 Å². The first-order chi connectivity index (χ1) is 14.2. The van der Waals surface area contributed by atoms with E-state index in [9.17, 15) is 0 Å². The van der Waals surface area contributed by atoms with Crippen LogP contribution in [0.1, 0.15) is 36.0 Å². The summed E-state index contributed by atoms with van der Waals surface area (Å²) in [7, 11) is 4.03. The third kappa shape index (κ3) is 4.96. The first kappa shape index (κ1) is 19.5. The molecule has 0 aliphatic carbocycles. The molecule has 0 spiro atoms. The fraction of sp³-hybridized carbons (Fsp3) is 0.348. The minimum atomic E-state index is 0.270. The van der Waals surface area contributed by atoms with Crippen molar-refractivity contribution in [2.75, 3.05) is 26.0 Å². The van der Waals surface area contributed by atoms with Gasteiger partial charge in [0.1, 0.15) is 11.6 Å². The number of aromatic nitrogens is 3. The van der Waals surface area contributed by atoms with Crippen molar-refractivity contribution in [2.24, 2.45) is 0 Å². The second-order valence-electron chi connectivity index (χ2n) is 7.59. The zero-order valence-electron chi connectivity index (χ0n) is 17.1. The smallest absolute Gasteiger partial charge is 0.147 e. The fourth-order valence-electron chi connectivity index (χ4n) is 3.75. The number of pyridine rings is 1. The zero-order valence-corrected chi connectivity index (χ0v) is 17.1. The predicted molar refractivity (Wildman–Crippen MR) is 116 cm³/mol. The van der Waals surface area contributed by atoms with Gasteiger partial charge in [-0.05, 0) is 44.1 Å². The van der Waals surface area contributed by atoms with Gasteiger partial charge >= 0.3 is 0 Å². The maximum Gasteiger partial charge on any atom is 0.147 e. The number of nitrogens with one attached hydrogen (secondary N) is 2. The molecule has 6 heteroatoms. The van der Waals surface area contributed by atoms with Gasteiger partial charge < -0.3 is 10.6 Å². The van der Waals surface area contributed by atoms with Gasteiger partial charge in [-0.25, -0.2) is 9.97 Å². The normalized spacial score (nSPS) is 16.3. The van der Waals surface area contributed by atoms with Crippen LogP contribution in [0, 0.1) is 0 Å². The van der Waals surface area contributed by atoms with Crippen LogP contribution in [0.15, 0.2) is 54.7 Å². The molecule has 1 atom stereocenters. The molecule has 150 valence electrons. The molecule has 0 unspecified atom stereocenters. The molecule has 1 aliphatic rings. The molecule has 1 fully saturated rings. The Hall–Kier alpha value is -2.83. The van der Waals surface area contributed by atoms with Crippen LogP contribution >= 0.6 is 0 Å². The molecular formula is C23H28N6. The van der Waals surface area contributed by atoms with Gasteiger partial charge in [0.2, 0.25) is 0 Å². The molecule has 0 amide bonds. The van der Waals surface area contributed by atoms with Crippen LogP contribution in [-0.2, 0) is 13.1 Å². The Kier molecular flexibility index (Phi) is 6.12. The lowest BCUT2D eigenvalue weighted by Crippen LogP contribution is -2.21. The lowest BCUT2D eigenvalue weighted by molar-refractivity contribution is 0.314. The van der Waals surface area contributed by atoms with Crippen molar-refractivity contribution in [3.05, 3.63) is 71.8 Å². The van der Waals surface area contributed by atoms with Crippen LogP contribution in [0.4, 0.5) is 5.82 Å². The third-order valence-electron chi connectivity index (χ3n) is 5.22. The Morgan fingerprint density at radius 3 is 2.66 bits per heavy atom. The van der Waals surface area contributed by atoms with E-state index in [4.69, 9.17) is 4.98 Å². The quantitative estimate of drug-likeness (QED) is 0.644. The summed E-state index contributed by atoms with van der Waals surface area (Å²) in [4.78, 5) is 16.2. The van der Waals surface area contributed by atoms with Crippen molar-refractivity contribution in [3.63, 3.8) is 0 Å². The van der Waals surface area contributed by atoms with Crippen LogP contribution in [0.5, 0.6) is 0 Å². The van der Waals surface area contributed by atoms with Crippen molar-refractivity contribution in [1.29, 1.82) is 0 Å². The van der Waals surface area contributed by atoms with E-state index in [2.05, 4.69) is 56.8 Å². The van der Waals surface area contributed by atoms with Crippen molar-refractivity contribution in [2.45, 2.75) is 32.0 Å². The second-order valence-corrected chi connectivity index (χ2v) is 7.59. The number of rotatable bonds is 7. The van der Waals surface area contributed by atoms with Gasteiger partial charge in [-0.3, -0.25) is 9.88 Å². The summed E-state index contributed by atoms with van der Waals surface area (Å²) in [5.74, 6) is 1.78. The van der Waals surface area contributed by atoms with Crippen molar-refractivity contribution in [1.82, 2.24) is 25.2 Å². The van der Waals surface area contributed by atoms with Crippen LogP contribution in [0.25, 0.3) is 11.3 Å². The topological polar surface area (TPSA) is 66.0 Å². The molecule has 2 N–H and O–H groups in total. The average Bonchev–Trinajstić information content (AvgIpc) is 3.29. The van der Waals surface area contributed by atoms with Gasteiger partial charge in [0.05, 0.1) is 17.4 Å². The van der Waals surface area contributed by atoms with Gasteiger partial charge in [-0.1, -0.05) is 30.3 Å². The molecular weight excluding hydrogens is 360 g/mol. The molecule has 1 saturated heterocycles. The van der Waals surface area contributed by atoms with E-state index < -0.39 is 0 Å². The molecule has 0 saturated carbocycles. The summed E-state index contributed by atoms with van der Waals surface area (Å²) < 4.78 is 0. The monoisotopic (exact) mass is 388 g/mol. The highest BCUT2D eigenvalue weighted by Crippen LogP contribution is 2.22. The van der Waals surface area contributed by atoms with E-state index in [1.807, 2.05) is 37.5 Å². The number of nitrogens with zero attached hydrogens (tertiary/aromatic N) is 4. The van der Waals surface area contributed by atoms with E-state index in [0.29, 0.717) is 0 Å². The standard InChI is InChI=1S/C23H28N6/c1-24-22-14-19(27-23(28-22)21-7-5-13-26-21)16-29(2)15-17-8-10-18(11-9-17)20-6-3-4-12-25-20/h3-4,6,8-12,14,21,26H,5,7,13,15-16H2,1-2H3,(H,24,27,28)/t21-/m0/s1. The van der Waals surface area contributed by atoms with E-state index in [-0.39, 0.29) is 6.04 Å². The zero-order chi connectivity index (χ0) is 20.1. The molecule has 3 aromatic rings. The lowest BCUT2D eigenvalue weighted by atomic mass is 10.1. The summed E-state index contributed by atoms with van der Waals surface area (Å²) >= 11 is 0. The molecule has 2 aromatic heterocycles. The molecule has 4 rings (SSSR count). The fourth-order valence-corrected chi connectivity index (χ4v) is 3.75. The summed E-state index contributed by atoms with van der Waals surface area (Å²) in [6.07, 6.45) is 4.11. The number of anilines is 1. The Bertz CT molecular complexity index is 920. The summed E-state index contributed by atoms with van der Waals surface area (Å²) in [6, 6.07) is 16.9. The Morgan fingerprint density at radius 2 is 1.97 bits per heavy atom. The Morgan fingerprint density at radius 1 is 1.10 bits per heavy atom. The van der Waals surface area contributed by atoms with Crippen molar-refractivity contribution in [3.8, 4) is 11.3 Å². The van der Waals surface area contributed by atoms with Crippen molar-refractivity contribution >= 4 is 5.82 Å². The van der Waals surface area contributed by atoms with E-state index in [1.165, 1.54) is 12.0 Å². The summed E-state index contributed by atoms with van der Waals surface area (Å²) in [5.41, 5.74) is 4.45. The van der Waals surface area contributed by atoms with E-state index in [0.717, 1.165) is 54.6 Å². The Balaban J connectivity index is 1.42. The minimum absolute atomic E-state index is 0.270. The summed E-state index contributed by atoms with van der Waals surface area (Å²) in [6.45, 7) is 2.68. The van der Waals surface area contributed by atoms with Crippen molar-refractivity contribution < 1.29 is 0 Å². The predicted octanol–water partition coefficient (Wildman–Crippen LogP) is 3.64. The number of hydrogen-bond acceptors (Lipinski definition) is 6. The van der Waals surface area contributed by atoms with E-state index in [1.54, 1.807) is 0 Å². The molecule has 29 heavy (non-hydrogen) atoms. The SMILES string of the molecule is CNc1cc(CN(C)Cc2ccc(-c3ccccn3)cc2)nc([C@@H]2CCCN2)n1. The molecule has 0 bridgehead atoms. The van der Waals surface area contributed by atoms with Crippen LogP contribution in [0.2, 0.25) is 0 Å². The third-order valence-corrected chi connectivity index (χ3v) is 5.22. The molecule has 3 heterocycles. The highest BCUT2D eigenvalue weighted by Gasteiger charge is 2.20. The molecule has 1 aliphatic heterocycles. The largest absolute Gasteiger partial charge is 0.373 e. The van der Waals surface area contributed by atoms with Crippen LogP contribution in [-0.4, -0.2) is 40.5 Å². The first-order valence-electron chi connectivity index (χ1n) is 10.2.